The lowest BCUT2D eigenvalue weighted by Gasteiger charge is -2.27. The number of hydrogen-bond acceptors (Lipinski definition) is 6. The van der Waals surface area contributed by atoms with Crippen LogP contribution in [-0.2, 0) is 15.8 Å². The third-order valence-corrected chi connectivity index (χ3v) is 7.59. The number of anilines is 2. The Bertz CT molecular complexity index is 944. The second-order valence-corrected chi connectivity index (χ2v) is 10.3. The van der Waals surface area contributed by atoms with Crippen molar-refractivity contribution in [2.45, 2.75) is 62.4 Å². The number of thioether (sulfide) groups is 1. The lowest BCUT2D eigenvalue weighted by atomic mass is 9.79. The van der Waals surface area contributed by atoms with Gasteiger partial charge in [-0.3, -0.25) is 9.59 Å². The van der Waals surface area contributed by atoms with Gasteiger partial charge >= 0.3 is 6.18 Å². The number of nitrogens with one attached hydrogen (secondary N) is 2. The molecule has 1 aliphatic rings. The highest BCUT2D eigenvalue weighted by Crippen LogP contribution is 2.34. The lowest BCUT2D eigenvalue weighted by Crippen LogP contribution is -2.27. The molecule has 180 valence electrons. The number of carbonyl (C=O) groups is 2. The quantitative estimate of drug-likeness (QED) is 0.315. The second-order valence-electron chi connectivity index (χ2n) is 8.14. The average molecular weight is 501 g/mol. The van der Waals surface area contributed by atoms with Crippen molar-refractivity contribution in [3.63, 3.8) is 0 Å². The molecule has 0 saturated heterocycles. The first-order chi connectivity index (χ1) is 15.7. The summed E-state index contributed by atoms with van der Waals surface area (Å²) in [6, 6.07) is 4.47. The number of nitrogens with zero attached hydrogens (tertiary/aromatic N) is 2. The van der Waals surface area contributed by atoms with Crippen molar-refractivity contribution in [2.24, 2.45) is 11.8 Å². The van der Waals surface area contributed by atoms with E-state index in [4.69, 9.17) is 0 Å². The minimum atomic E-state index is -4.47. The normalized spacial score (nSPS) is 18.7. The summed E-state index contributed by atoms with van der Waals surface area (Å²) in [6.07, 6.45) is 3.13. The van der Waals surface area contributed by atoms with Crippen molar-refractivity contribution in [3.8, 4) is 0 Å². The maximum atomic E-state index is 12.8. The van der Waals surface area contributed by atoms with E-state index < -0.39 is 17.6 Å². The van der Waals surface area contributed by atoms with Crippen LogP contribution >= 0.6 is 23.1 Å². The van der Waals surface area contributed by atoms with Gasteiger partial charge in [0, 0.05) is 11.6 Å². The van der Waals surface area contributed by atoms with Crippen LogP contribution in [0, 0.1) is 11.8 Å². The van der Waals surface area contributed by atoms with Gasteiger partial charge in [0.15, 0.2) is 4.34 Å². The fraction of sp³-hybridized carbons (Fsp3) is 0.545. The predicted octanol–water partition coefficient (Wildman–Crippen LogP) is 6.22. The first-order valence-electron chi connectivity index (χ1n) is 11.0. The van der Waals surface area contributed by atoms with E-state index in [0.29, 0.717) is 9.47 Å². The molecule has 2 amide bonds. The van der Waals surface area contributed by atoms with E-state index in [-0.39, 0.29) is 23.3 Å². The van der Waals surface area contributed by atoms with Crippen LogP contribution in [0.3, 0.4) is 0 Å². The molecule has 2 N–H and O–H groups in total. The summed E-state index contributed by atoms with van der Waals surface area (Å²) in [5.74, 6) is 0.168. The van der Waals surface area contributed by atoms with E-state index in [1.807, 2.05) is 0 Å². The van der Waals surface area contributed by atoms with Crippen molar-refractivity contribution in [1.82, 2.24) is 10.2 Å². The van der Waals surface area contributed by atoms with Gasteiger partial charge in [0.1, 0.15) is 0 Å². The number of halogens is 3. The van der Waals surface area contributed by atoms with E-state index >= 15 is 0 Å². The van der Waals surface area contributed by atoms with Crippen molar-refractivity contribution in [3.05, 3.63) is 29.8 Å². The van der Waals surface area contributed by atoms with Gasteiger partial charge in [-0.25, -0.2) is 0 Å². The molecule has 0 atom stereocenters. The van der Waals surface area contributed by atoms with Crippen LogP contribution in [0.25, 0.3) is 0 Å². The Kier molecular flexibility index (Phi) is 9.13. The highest BCUT2D eigenvalue weighted by atomic mass is 32.2. The molecule has 1 aromatic heterocycles. The summed E-state index contributed by atoms with van der Waals surface area (Å²) in [4.78, 5) is 24.6. The Morgan fingerprint density at radius 2 is 1.91 bits per heavy atom. The molecule has 2 aromatic rings. The Balaban J connectivity index is 1.42. The summed E-state index contributed by atoms with van der Waals surface area (Å²) < 4.78 is 38.9. The van der Waals surface area contributed by atoms with Crippen molar-refractivity contribution >= 4 is 45.7 Å². The molecule has 0 spiro atoms. The van der Waals surface area contributed by atoms with Gasteiger partial charge in [-0.2, -0.15) is 13.2 Å². The fourth-order valence-corrected chi connectivity index (χ4v) is 5.38. The molecule has 0 radical (unpaired) electrons. The summed E-state index contributed by atoms with van der Waals surface area (Å²) >= 11 is 2.28. The Morgan fingerprint density at radius 3 is 2.61 bits per heavy atom. The maximum Gasteiger partial charge on any atom is 0.416 e. The van der Waals surface area contributed by atoms with Gasteiger partial charge in [-0.15, -0.1) is 10.2 Å². The molecule has 1 fully saturated rings. The van der Waals surface area contributed by atoms with Crippen molar-refractivity contribution in [1.29, 1.82) is 0 Å². The standard InChI is InChI=1S/C22H27F3N4O2S2/c1-2-3-5-14-8-10-15(11-9-14)19(31)27-20-28-29-21(33-20)32-13-18(30)26-17-7-4-6-16(12-17)22(23,24)25/h4,6-7,12,14-15H,2-3,5,8-11,13H2,1H3,(H,26,30)(H,27,28,31). The van der Waals surface area contributed by atoms with Crippen LogP contribution in [0.4, 0.5) is 24.0 Å². The monoisotopic (exact) mass is 500 g/mol. The van der Waals surface area contributed by atoms with E-state index in [9.17, 15) is 22.8 Å². The van der Waals surface area contributed by atoms with Crippen molar-refractivity contribution in [2.75, 3.05) is 16.4 Å². The van der Waals surface area contributed by atoms with Gasteiger partial charge < -0.3 is 10.6 Å². The predicted molar refractivity (Wildman–Crippen MR) is 124 cm³/mol. The van der Waals surface area contributed by atoms with Crippen LogP contribution in [0.5, 0.6) is 0 Å². The SMILES string of the molecule is CCCCC1CCC(C(=O)Nc2nnc(SCC(=O)Nc3cccc(C(F)(F)F)c3)s2)CC1. The molecule has 1 heterocycles. The number of rotatable bonds is 9. The highest BCUT2D eigenvalue weighted by Gasteiger charge is 2.30. The molecule has 1 aliphatic carbocycles. The molecular weight excluding hydrogens is 473 g/mol. The molecular formula is C22H27F3N4O2S2. The third-order valence-electron chi connectivity index (χ3n) is 5.62. The van der Waals surface area contributed by atoms with Crippen LogP contribution < -0.4 is 10.6 Å². The van der Waals surface area contributed by atoms with Crippen LogP contribution in [-0.4, -0.2) is 27.8 Å². The highest BCUT2D eigenvalue weighted by molar-refractivity contribution is 8.01. The summed E-state index contributed by atoms with van der Waals surface area (Å²) in [5.41, 5.74) is -0.753. The zero-order valence-corrected chi connectivity index (χ0v) is 19.9. The van der Waals surface area contributed by atoms with Crippen LogP contribution in [0.1, 0.15) is 57.4 Å². The minimum absolute atomic E-state index is 0.0129. The van der Waals surface area contributed by atoms with E-state index in [0.717, 1.165) is 55.5 Å². The molecule has 1 aromatic carbocycles. The average Bonchev–Trinajstić information content (AvgIpc) is 3.23. The van der Waals surface area contributed by atoms with Crippen molar-refractivity contribution < 1.29 is 22.8 Å². The summed E-state index contributed by atoms with van der Waals surface area (Å²) in [5, 5.41) is 13.6. The van der Waals surface area contributed by atoms with Crippen LogP contribution in [0.15, 0.2) is 28.6 Å². The lowest BCUT2D eigenvalue weighted by molar-refractivity contribution is -0.137. The molecule has 11 heteroatoms. The summed E-state index contributed by atoms with van der Waals surface area (Å²) in [6.45, 7) is 2.19. The van der Waals surface area contributed by atoms with Gasteiger partial charge in [0.2, 0.25) is 16.9 Å². The number of carbonyl (C=O) groups excluding carboxylic acids is 2. The number of aromatic nitrogens is 2. The molecule has 0 aliphatic heterocycles. The molecule has 0 unspecified atom stereocenters. The van der Waals surface area contributed by atoms with E-state index in [1.54, 1.807) is 0 Å². The number of amides is 2. The first kappa shape index (κ1) is 25.5. The Hall–Kier alpha value is -2.14. The number of unbranched alkanes of at least 4 members (excludes halogenated alkanes) is 1. The second kappa shape index (κ2) is 11.8. The molecule has 0 bridgehead atoms. The van der Waals surface area contributed by atoms with Gasteiger partial charge in [0.05, 0.1) is 11.3 Å². The largest absolute Gasteiger partial charge is 0.416 e. The summed E-state index contributed by atoms with van der Waals surface area (Å²) in [7, 11) is 0. The minimum Gasteiger partial charge on any atom is -0.325 e. The molecule has 3 rings (SSSR count). The first-order valence-corrected chi connectivity index (χ1v) is 12.8. The van der Waals surface area contributed by atoms with Gasteiger partial charge in [-0.05, 0) is 49.8 Å². The van der Waals surface area contributed by atoms with Crippen LogP contribution in [0.2, 0.25) is 0 Å². The number of alkyl halides is 3. The van der Waals surface area contributed by atoms with Gasteiger partial charge in [-0.1, -0.05) is 55.4 Å². The Morgan fingerprint density at radius 1 is 1.15 bits per heavy atom. The smallest absolute Gasteiger partial charge is 0.325 e. The third kappa shape index (κ3) is 7.99. The number of benzene rings is 1. The Labute approximate surface area is 199 Å². The zero-order valence-electron chi connectivity index (χ0n) is 18.3. The van der Waals surface area contributed by atoms with Gasteiger partial charge in [0.25, 0.3) is 0 Å². The topological polar surface area (TPSA) is 84.0 Å². The zero-order chi connectivity index (χ0) is 23.8. The number of hydrogen-bond donors (Lipinski definition) is 2. The maximum absolute atomic E-state index is 12.8. The molecule has 6 nitrogen and oxygen atoms in total. The van der Waals surface area contributed by atoms with E-state index in [2.05, 4.69) is 27.8 Å². The molecule has 1 saturated carbocycles. The van der Waals surface area contributed by atoms with E-state index in [1.165, 1.54) is 42.7 Å². The molecule has 33 heavy (non-hydrogen) atoms. The fourth-order valence-electron chi connectivity index (χ4n) is 3.83.